The molecule has 11 heteroatoms. The number of nitro groups is 1. The lowest BCUT2D eigenvalue weighted by Gasteiger charge is -2.06. The van der Waals surface area contributed by atoms with E-state index in [1.807, 2.05) is 5.32 Å². The minimum absolute atomic E-state index is 0.356. The average molecular weight is 317 g/mol. The molecule has 0 aliphatic rings. The molecule has 1 aromatic heterocycles. The lowest BCUT2D eigenvalue weighted by molar-refractivity contribution is -0.385. The Bertz CT molecular complexity index is 605. The van der Waals surface area contributed by atoms with E-state index in [1.165, 1.54) is 0 Å². The highest BCUT2D eigenvalue weighted by atomic mass is 35.5. The summed E-state index contributed by atoms with van der Waals surface area (Å²) in [6.07, 6.45) is 1.11. The quantitative estimate of drug-likeness (QED) is 0.366. The lowest BCUT2D eigenvalue weighted by atomic mass is 10.2. The summed E-state index contributed by atoms with van der Waals surface area (Å²) in [5, 5.41) is 22.8. The summed E-state index contributed by atoms with van der Waals surface area (Å²) in [6, 6.07) is 1.08. The van der Waals surface area contributed by atoms with E-state index >= 15 is 0 Å². The van der Waals surface area contributed by atoms with Crippen molar-refractivity contribution in [3.8, 4) is 0 Å². The van der Waals surface area contributed by atoms with Gasteiger partial charge in [0.2, 0.25) is 11.1 Å². The van der Waals surface area contributed by atoms with Crippen LogP contribution in [0.4, 0.5) is 5.69 Å². The molecule has 1 heterocycles. The Labute approximate surface area is 122 Å². The molecule has 0 fully saturated rings. The van der Waals surface area contributed by atoms with Gasteiger partial charge in [-0.25, -0.2) is 4.98 Å². The topological polar surface area (TPSA) is 152 Å². The number of hydrogen-bond donors (Lipinski definition) is 3. The van der Waals surface area contributed by atoms with Gasteiger partial charge < -0.3 is 15.7 Å². The van der Waals surface area contributed by atoms with Gasteiger partial charge in [-0.15, -0.1) is 0 Å². The third-order valence-electron chi connectivity index (χ3n) is 2.15. The number of aromatic nitrogens is 1. The van der Waals surface area contributed by atoms with Gasteiger partial charge in [-0.2, -0.15) is 0 Å². The summed E-state index contributed by atoms with van der Waals surface area (Å²) in [6.45, 7) is -1.14. The first-order chi connectivity index (χ1) is 9.82. The summed E-state index contributed by atoms with van der Waals surface area (Å²) >= 11 is 5.54. The van der Waals surface area contributed by atoms with Crippen LogP contribution in [-0.4, -0.2) is 45.9 Å². The number of amides is 2. The van der Waals surface area contributed by atoms with Gasteiger partial charge in [0, 0.05) is 6.20 Å². The Morgan fingerprint density at radius 2 is 2.00 bits per heavy atom. The van der Waals surface area contributed by atoms with Gasteiger partial charge in [0.1, 0.15) is 12.1 Å². The Kier molecular flexibility index (Phi) is 5.55. The van der Waals surface area contributed by atoms with E-state index in [-0.39, 0.29) is 5.56 Å². The first-order valence-electron chi connectivity index (χ1n) is 5.38. The highest BCUT2D eigenvalue weighted by molar-refractivity contribution is 6.32. The van der Waals surface area contributed by atoms with E-state index < -0.39 is 46.6 Å². The molecule has 0 bridgehead atoms. The van der Waals surface area contributed by atoms with Gasteiger partial charge in [0.05, 0.1) is 11.5 Å². The summed E-state index contributed by atoms with van der Waals surface area (Å²) in [5.74, 6) is -2.91. The van der Waals surface area contributed by atoms with Gasteiger partial charge >= 0.3 is 11.7 Å². The zero-order valence-corrected chi connectivity index (χ0v) is 11.1. The van der Waals surface area contributed by atoms with Crippen molar-refractivity contribution in [2.75, 3.05) is 13.1 Å². The molecule has 1 aromatic rings. The van der Waals surface area contributed by atoms with Crippen LogP contribution in [0.1, 0.15) is 10.4 Å². The van der Waals surface area contributed by atoms with Gasteiger partial charge in [-0.05, 0) is 6.07 Å². The molecule has 0 aliphatic carbocycles. The van der Waals surface area contributed by atoms with Gasteiger partial charge in [0.15, 0.2) is 0 Å². The molecule has 10 nitrogen and oxygen atoms in total. The molecular weight excluding hydrogens is 308 g/mol. The second-order valence-corrected chi connectivity index (χ2v) is 3.97. The molecule has 0 unspecified atom stereocenters. The predicted molar refractivity (Wildman–Crippen MR) is 68.9 cm³/mol. The zero-order chi connectivity index (χ0) is 16.0. The number of carboxylic acids is 1. The zero-order valence-electron chi connectivity index (χ0n) is 10.3. The predicted octanol–water partition coefficient (Wildman–Crippen LogP) is -0.426. The Morgan fingerprint density at radius 3 is 2.57 bits per heavy atom. The van der Waals surface area contributed by atoms with E-state index in [2.05, 4.69) is 10.3 Å². The highest BCUT2D eigenvalue weighted by Crippen LogP contribution is 2.25. The number of nitrogens with one attached hydrogen (secondary N) is 2. The number of halogens is 1. The number of aliphatic carboxylic acids is 1. The standard InChI is InChI=1S/C10H9ClN4O6/c11-9-8(15(20)21)5(1-2-12-9)10(19)14-3-6(16)13-4-7(17)18/h1-2H,3-4H2,(H,13,16)(H,14,19)(H,17,18). The van der Waals surface area contributed by atoms with Crippen LogP contribution in [0, 0.1) is 10.1 Å². The number of hydrogen-bond acceptors (Lipinski definition) is 6. The number of carboxylic acid groups (broad SMARTS) is 1. The second kappa shape index (κ2) is 7.14. The average Bonchev–Trinajstić information content (AvgIpc) is 2.41. The molecule has 0 spiro atoms. The van der Waals surface area contributed by atoms with E-state index in [1.54, 1.807) is 0 Å². The van der Waals surface area contributed by atoms with E-state index in [0.717, 1.165) is 12.3 Å². The lowest BCUT2D eigenvalue weighted by Crippen LogP contribution is -2.39. The van der Waals surface area contributed by atoms with Crippen molar-refractivity contribution in [2.45, 2.75) is 0 Å². The molecule has 0 radical (unpaired) electrons. The van der Waals surface area contributed by atoms with Gasteiger partial charge in [-0.1, -0.05) is 11.6 Å². The number of pyridine rings is 1. The van der Waals surface area contributed by atoms with Crippen molar-refractivity contribution in [2.24, 2.45) is 0 Å². The van der Waals surface area contributed by atoms with Crippen molar-refractivity contribution < 1.29 is 24.4 Å². The van der Waals surface area contributed by atoms with Crippen molar-refractivity contribution in [1.82, 2.24) is 15.6 Å². The summed E-state index contributed by atoms with van der Waals surface area (Å²) in [4.78, 5) is 46.6. The molecule has 21 heavy (non-hydrogen) atoms. The minimum Gasteiger partial charge on any atom is -0.480 e. The molecular formula is C10H9ClN4O6. The van der Waals surface area contributed by atoms with Gasteiger partial charge in [-0.3, -0.25) is 24.5 Å². The van der Waals surface area contributed by atoms with Crippen molar-refractivity contribution in [1.29, 1.82) is 0 Å². The van der Waals surface area contributed by atoms with Crippen LogP contribution < -0.4 is 10.6 Å². The first kappa shape index (κ1) is 16.3. The monoisotopic (exact) mass is 316 g/mol. The maximum Gasteiger partial charge on any atom is 0.322 e. The largest absolute Gasteiger partial charge is 0.480 e. The maximum absolute atomic E-state index is 11.8. The van der Waals surface area contributed by atoms with Crippen LogP contribution in [0.2, 0.25) is 5.15 Å². The minimum atomic E-state index is -1.24. The van der Waals surface area contributed by atoms with Crippen LogP contribution in [0.3, 0.4) is 0 Å². The second-order valence-electron chi connectivity index (χ2n) is 3.61. The Balaban J connectivity index is 2.73. The first-order valence-corrected chi connectivity index (χ1v) is 5.76. The molecule has 112 valence electrons. The van der Waals surface area contributed by atoms with Crippen molar-refractivity contribution >= 4 is 35.1 Å². The highest BCUT2D eigenvalue weighted by Gasteiger charge is 2.24. The number of nitrogens with zero attached hydrogens (tertiary/aromatic N) is 2. The third-order valence-corrected chi connectivity index (χ3v) is 2.43. The fourth-order valence-electron chi connectivity index (χ4n) is 1.28. The van der Waals surface area contributed by atoms with E-state index in [4.69, 9.17) is 16.7 Å². The fourth-order valence-corrected chi connectivity index (χ4v) is 1.50. The van der Waals surface area contributed by atoms with Crippen LogP contribution in [0.15, 0.2) is 12.3 Å². The fraction of sp³-hybridized carbons (Fsp3) is 0.200. The van der Waals surface area contributed by atoms with Crippen LogP contribution >= 0.6 is 11.6 Å². The van der Waals surface area contributed by atoms with Crippen LogP contribution in [0.5, 0.6) is 0 Å². The number of rotatable bonds is 6. The molecule has 0 aromatic carbocycles. The molecule has 1 rings (SSSR count). The summed E-state index contributed by atoms with van der Waals surface area (Å²) in [7, 11) is 0. The summed E-state index contributed by atoms with van der Waals surface area (Å²) in [5.41, 5.74) is -1.03. The molecule has 0 saturated heterocycles. The molecule has 2 amide bonds. The van der Waals surface area contributed by atoms with Crippen molar-refractivity contribution in [3.05, 3.63) is 33.1 Å². The van der Waals surface area contributed by atoms with Crippen LogP contribution in [-0.2, 0) is 9.59 Å². The third kappa shape index (κ3) is 4.69. The van der Waals surface area contributed by atoms with Crippen molar-refractivity contribution in [3.63, 3.8) is 0 Å². The molecule has 0 atom stereocenters. The maximum atomic E-state index is 11.8. The molecule has 3 N–H and O–H groups in total. The molecule has 0 aliphatic heterocycles. The smallest absolute Gasteiger partial charge is 0.322 e. The Hall–Kier alpha value is -2.75. The van der Waals surface area contributed by atoms with Gasteiger partial charge in [0.25, 0.3) is 5.91 Å². The summed E-state index contributed by atoms with van der Waals surface area (Å²) < 4.78 is 0. The van der Waals surface area contributed by atoms with Crippen LogP contribution in [0.25, 0.3) is 0 Å². The van der Waals surface area contributed by atoms with E-state index in [0.29, 0.717) is 0 Å². The number of carbonyl (C=O) groups is 3. The SMILES string of the molecule is O=C(O)CNC(=O)CNC(=O)c1ccnc(Cl)c1[N+](=O)[O-]. The number of carbonyl (C=O) groups excluding carboxylic acids is 2. The Morgan fingerprint density at radius 1 is 1.33 bits per heavy atom. The van der Waals surface area contributed by atoms with E-state index in [9.17, 15) is 24.5 Å². The molecule has 0 saturated carbocycles. The normalized spacial score (nSPS) is 9.76.